The van der Waals surface area contributed by atoms with Gasteiger partial charge in [0.15, 0.2) is 5.75 Å². The van der Waals surface area contributed by atoms with Gasteiger partial charge in [-0.25, -0.2) is 4.98 Å². The van der Waals surface area contributed by atoms with Crippen LogP contribution in [0.2, 0.25) is 5.02 Å². The Morgan fingerprint density at radius 3 is 2.83 bits per heavy atom. The van der Waals surface area contributed by atoms with Crippen LogP contribution < -0.4 is 10.1 Å². The predicted octanol–water partition coefficient (Wildman–Crippen LogP) is 3.77. The fourth-order valence-corrected chi connectivity index (χ4v) is 2.01. The Labute approximate surface area is 139 Å². The second-order valence-corrected chi connectivity index (χ2v) is 5.40. The number of phenols is 1. The van der Waals surface area contributed by atoms with Gasteiger partial charge >= 0.3 is 0 Å². The first kappa shape index (κ1) is 16.8. The van der Waals surface area contributed by atoms with Gasteiger partial charge in [0, 0.05) is 31.3 Å². The molecule has 1 atom stereocenters. The summed E-state index contributed by atoms with van der Waals surface area (Å²) in [6.45, 7) is 3.36. The number of carbonyl (C=O) groups excluding carboxylic acids is 1. The van der Waals surface area contributed by atoms with Crippen molar-refractivity contribution in [1.29, 1.82) is 0 Å². The first-order valence-corrected chi connectivity index (χ1v) is 7.39. The highest BCUT2D eigenvalue weighted by molar-refractivity contribution is 6.32. The van der Waals surface area contributed by atoms with Crippen molar-refractivity contribution in [3.63, 3.8) is 0 Å². The second kappa shape index (κ2) is 7.65. The summed E-state index contributed by atoms with van der Waals surface area (Å²) in [6, 6.07) is 7.92. The van der Waals surface area contributed by atoms with E-state index in [2.05, 4.69) is 10.3 Å². The molecule has 0 radical (unpaired) electrons. The number of amides is 1. The molecule has 0 spiro atoms. The Morgan fingerprint density at radius 2 is 2.17 bits per heavy atom. The lowest BCUT2D eigenvalue weighted by Gasteiger charge is -2.08. The molecular formula is C17H17ClN2O3. The van der Waals surface area contributed by atoms with Crippen LogP contribution in [0.5, 0.6) is 17.4 Å². The number of phenolic OH excluding ortho intramolecular Hbond substituents is 1. The molecule has 1 aromatic carbocycles. The van der Waals surface area contributed by atoms with Gasteiger partial charge in [0.25, 0.3) is 0 Å². The lowest BCUT2D eigenvalue weighted by Crippen LogP contribution is -2.28. The van der Waals surface area contributed by atoms with Crippen molar-refractivity contribution in [3.8, 4) is 17.4 Å². The highest BCUT2D eigenvalue weighted by Gasteiger charge is 2.05. The SMILES string of the molecule is CC(=O)N[C@@H](C)/C=C/c1ccc(Oc2cc(O)ccc2Cl)nc1. The summed E-state index contributed by atoms with van der Waals surface area (Å²) in [6.07, 6.45) is 5.37. The van der Waals surface area contributed by atoms with Crippen LogP contribution >= 0.6 is 11.6 Å². The highest BCUT2D eigenvalue weighted by Crippen LogP contribution is 2.31. The number of aromatic nitrogens is 1. The van der Waals surface area contributed by atoms with Crippen LogP contribution in [0.3, 0.4) is 0 Å². The molecule has 1 heterocycles. The minimum Gasteiger partial charge on any atom is -0.508 e. The van der Waals surface area contributed by atoms with E-state index in [1.807, 2.05) is 25.1 Å². The molecule has 0 aliphatic heterocycles. The molecule has 0 saturated carbocycles. The average Bonchev–Trinajstić information content (AvgIpc) is 2.49. The van der Waals surface area contributed by atoms with Crippen molar-refractivity contribution in [1.82, 2.24) is 10.3 Å². The summed E-state index contributed by atoms with van der Waals surface area (Å²) in [5, 5.41) is 12.6. The Hall–Kier alpha value is -2.53. The third-order valence-electron chi connectivity index (χ3n) is 2.90. The van der Waals surface area contributed by atoms with Crippen LogP contribution in [0.25, 0.3) is 6.08 Å². The molecular weight excluding hydrogens is 316 g/mol. The van der Waals surface area contributed by atoms with E-state index in [1.165, 1.54) is 19.1 Å². The maximum Gasteiger partial charge on any atom is 0.219 e. The lowest BCUT2D eigenvalue weighted by molar-refractivity contribution is -0.119. The van der Waals surface area contributed by atoms with E-state index in [-0.39, 0.29) is 17.7 Å². The van der Waals surface area contributed by atoms with Crippen molar-refractivity contribution in [3.05, 3.63) is 53.2 Å². The van der Waals surface area contributed by atoms with Gasteiger partial charge in [-0.2, -0.15) is 0 Å². The molecule has 120 valence electrons. The number of halogens is 1. The van der Waals surface area contributed by atoms with Gasteiger partial charge < -0.3 is 15.2 Å². The van der Waals surface area contributed by atoms with Crippen molar-refractivity contribution >= 4 is 23.6 Å². The monoisotopic (exact) mass is 332 g/mol. The Bertz CT molecular complexity index is 714. The van der Waals surface area contributed by atoms with E-state index in [1.54, 1.807) is 18.3 Å². The zero-order chi connectivity index (χ0) is 16.8. The van der Waals surface area contributed by atoms with Gasteiger partial charge in [-0.05, 0) is 30.7 Å². The van der Waals surface area contributed by atoms with Crippen molar-refractivity contribution in [2.24, 2.45) is 0 Å². The molecule has 2 rings (SSSR count). The van der Waals surface area contributed by atoms with Crippen LogP contribution in [0.1, 0.15) is 19.4 Å². The highest BCUT2D eigenvalue weighted by atomic mass is 35.5. The Kier molecular flexibility index (Phi) is 5.60. The molecule has 1 amide bonds. The van der Waals surface area contributed by atoms with Gasteiger partial charge in [-0.15, -0.1) is 0 Å². The number of pyridine rings is 1. The molecule has 2 N–H and O–H groups in total. The molecule has 0 saturated heterocycles. The third-order valence-corrected chi connectivity index (χ3v) is 3.21. The van der Waals surface area contributed by atoms with Crippen LogP contribution in [0.15, 0.2) is 42.6 Å². The van der Waals surface area contributed by atoms with E-state index in [9.17, 15) is 9.90 Å². The minimum absolute atomic E-state index is 0.0606. The molecule has 1 aromatic heterocycles. The molecule has 2 aromatic rings. The normalized spacial score (nSPS) is 12.1. The van der Waals surface area contributed by atoms with Gasteiger partial charge in [-0.3, -0.25) is 4.79 Å². The first-order valence-electron chi connectivity index (χ1n) is 7.02. The number of benzene rings is 1. The molecule has 0 fully saturated rings. The summed E-state index contributed by atoms with van der Waals surface area (Å²) in [4.78, 5) is 15.1. The summed E-state index contributed by atoms with van der Waals surface area (Å²) < 4.78 is 5.54. The van der Waals surface area contributed by atoms with Gasteiger partial charge in [0.1, 0.15) is 5.75 Å². The lowest BCUT2D eigenvalue weighted by atomic mass is 10.2. The fourth-order valence-electron chi connectivity index (χ4n) is 1.86. The largest absolute Gasteiger partial charge is 0.508 e. The smallest absolute Gasteiger partial charge is 0.219 e. The van der Waals surface area contributed by atoms with E-state index in [0.29, 0.717) is 16.7 Å². The standard InChI is InChI=1S/C17H17ClN2O3/c1-11(20-12(2)21)3-4-13-5-8-17(19-10-13)23-16-9-14(22)6-7-15(16)18/h3-11,22H,1-2H3,(H,20,21)/b4-3+/t11-/m0/s1. The van der Waals surface area contributed by atoms with Crippen LogP contribution in [-0.4, -0.2) is 22.0 Å². The van der Waals surface area contributed by atoms with Crippen LogP contribution in [0, 0.1) is 0 Å². The summed E-state index contributed by atoms with van der Waals surface area (Å²) in [7, 11) is 0. The summed E-state index contributed by atoms with van der Waals surface area (Å²) >= 11 is 5.99. The quantitative estimate of drug-likeness (QED) is 0.874. The van der Waals surface area contributed by atoms with Crippen LogP contribution in [-0.2, 0) is 4.79 Å². The van der Waals surface area contributed by atoms with Gasteiger partial charge in [0.05, 0.1) is 5.02 Å². The maximum atomic E-state index is 10.9. The van der Waals surface area contributed by atoms with E-state index < -0.39 is 0 Å². The van der Waals surface area contributed by atoms with Crippen molar-refractivity contribution in [2.75, 3.05) is 0 Å². The van der Waals surface area contributed by atoms with Crippen molar-refractivity contribution in [2.45, 2.75) is 19.9 Å². The number of hydrogen-bond acceptors (Lipinski definition) is 4. The number of carbonyl (C=O) groups is 1. The Balaban J connectivity index is 2.03. The molecule has 0 bridgehead atoms. The molecule has 23 heavy (non-hydrogen) atoms. The maximum absolute atomic E-state index is 10.9. The molecule has 6 heteroatoms. The number of nitrogens with one attached hydrogen (secondary N) is 1. The second-order valence-electron chi connectivity index (χ2n) is 4.99. The number of ether oxygens (including phenoxy) is 1. The van der Waals surface area contributed by atoms with Gasteiger partial charge in [0.2, 0.25) is 11.8 Å². The van der Waals surface area contributed by atoms with Crippen LogP contribution in [0.4, 0.5) is 0 Å². The molecule has 5 nitrogen and oxygen atoms in total. The molecule has 0 unspecified atom stereocenters. The average molecular weight is 333 g/mol. The van der Waals surface area contributed by atoms with E-state index >= 15 is 0 Å². The van der Waals surface area contributed by atoms with E-state index in [4.69, 9.17) is 16.3 Å². The minimum atomic E-state index is -0.0768. The fraction of sp³-hybridized carbons (Fsp3) is 0.176. The molecule has 0 aliphatic carbocycles. The Morgan fingerprint density at radius 1 is 1.39 bits per heavy atom. The molecule has 0 aliphatic rings. The third kappa shape index (κ3) is 5.30. The zero-order valence-electron chi connectivity index (χ0n) is 12.8. The predicted molar refractivity (Wildman–Crippen MR) is 89.7 cm³/mol. The number of hydrogen-bond donors (Lipinski definition) is 2. The summed E-state index contributed by atoms with van der Waals surface area (Å²) in [5.74, 6) is 0.689. The number of rotatable bonds is 5. The zero-order valence-corrected chi connectivity index (χ0v) is 13.5. The van der Waals surface area contributed by atoms with Gasteiger partial charge in [-0.1, -0.05) is 23.8 Å². The number of nitrogens with zero attached hydrogens (tertiary/aromatic N) is 1. The first-order chi connectivity index (χ1) is 10.9. The topological polar surface area (TPSA) is 71.5 Å². The number of aromatic hydroxyl groups is 1. The van der Waals surface area contributed by atoms with E-state index in [0.717, 1.165) is 5.56 Å². The van der Waals surface area contributed by atoms with Crippen molar-refractivity contribution < 1.29 is 14.6 Å². The summed E-state index contributed by atoms with van der Waals surface area (Å²) in [5.41, 5.74) is 0.872.